The summed E-state index contributed by atoms with van der Waals surface area (Å²) in [6, 6.07) is 4.17. The van der Waals surface area contributed by atoms with Crippen LogP contribution in [0, 0.1) is 0 Å². The lowest BCUT2D eigenvalue weighted by Crippen LogP contribution is -2.07. The number of aryl methyl sites for hydroxylation is 2. The van der Waals surface area contributed by atoms with Crippen LogP contribution >= 0.6 is 12.4 Å². The molecule has 5 nitrogen and oxygen atoms in total. The SMILES string of the molecule is Cl.Nc1c(NCCO)nn2c3c(ccc12)CCC3. The molecule has 1 aliphatic rings. The second-order valence-electron chi connectivity index (χ2n) is 4.37. The summed E-state index contributed by atoms with van der Waals surface area (Å²) in [5, 5.41) is 16.3. The van der Waals surface area contributed by atoms with Crippen molar-refractivity contribution in [1.82, 2.24) is 9.61 Å². The summed E-state index contributed by atoms with van der Waals surface area (Å²) in [4.78, 5) is 0. The molecule has 2 aromatic rings. The highest BCUT2D eigenvalue weighted by molar-refractivity contribution is 5.85. The Morgan fingerprint density at radius 2 is 2.22 bits per heavy atom. The molecule has 0 spiro atoms. The van der Waals surface area contributed by atoms with Gasteiger partial charge in [-0.1, -0.05) is 6.07 Å². The number of nitrogens with one attached hydrogen (secondary N) is 1. The summed E-state index contributed by atoms with van der Waals surface area (Å²) in [6.07, 6.45) is 3.38. The Hall–Kier alpha value is -1.46. The summed E-state index contributed by atoms with van der Waals surface area (Å²) < 4.78 is 1.94. The molecule has 0 saturated heterocycles. The quantitative estimate of drug-likeness (QED) is 0.783. The zero-order valence-corrected chi connectivity index (χ0v) is 10.8. The Kier molecular flexibility index (Phi) is 3.63. The molecule has 0 fully saturated rings. The van der Waals surface area contributed by atoms with Crippen LogP contribution in [-0.2, 0) is 12.8 Å². The van der Waals surface area contributed by atoms with Gasteiger partial charge in [0.1, 0.15) is 5.69 Å². The molecule has 0 unspecified atom stereocenters. The molecule has 4 N–H and O–H groups in total. The van der Waals surface area contributed by atoms with E-state index in [9.17, 15) is 0 Å². The Bertz CT molecular complexity index is 567. The zero-order chi connectivity index (χ0) is 11.8. The van der Waals surface area contributed by atoms with Crippen LogP contribution in [0.2, 0.25) is 0 Å². The van der Waals surface area contributed by atoms with E-state index in [-0.39, 0.29) is 19.0 Å². The first-order valence-corrected chi connectivity index (χ1v) is 5.95. The molecule has 0 aliphatic heterocycles. The van der Waals surface area contributed by atoms with Crippen LogP contribution in [0.3, 0.4) is 0 Å². The Labute approximate surface area is 111 Å². The van der Waals surface area contributed by atoms with Gasteiger partial charge in [0.05, 0.1) is 12.1 Å². The Morgan fingerprint density at radius 3 is 3.00 bits per heavy atom. The van der Waals surface area contributed by atoms with Crippen LogP contribution in [-0.4, -0.2) is 27.9 Å². The molecule has 98 valence electrons. The van der Waals surface area contributed by atoms with E-state index in [1.54, 1.807) is 0 Å². The molecule has 2 heterocycles. The van der Waals surface area contributed by atoms with Gasteiger partial charge in [-0.3, -0.25) is 0 Å². The maximum atomic E-state index is 8.81. The lowest BCUT2D eigenvalue weighted by atomic mass is 10.2. The van der Waals surface area contributed by atoms with E-state index in [0.29, 0.717) is 18.1 Å². The van der Waals surface area contributed by atoms with Gasteiger partial charge < -0.3 is 16.2 Å². The van der Waals surface area contributed by atoms with Crippen molar-refractivity contribution in [2.75, 3.05) is 24.2 Å². The minimum absolute atomic E-state index is 0. The highest BCUT2D eigenvalue weighted by Crippen LogP contribution is 2.29. The monoisotopic (exact) mass is 268 g/mol. The fourth-order valence-electron chi connectivity index (χ4n) is 2.47. The van der Waals surface area contributed by atoms with Crippen molar-refractivity contribution in [3.05, 3.63) is 23.4 Å². The third-order valence-electron chi connectivity index (χ3n) is 3.29. The van der Waals surface area contributed by atoms with E-state index in [2.05, 4.69) is 16.5 Å². The molecule has 0 bridgehead atoms. The van der Waals surface area contributed by atoms with Crippen molar-refractivity contribution >= 4 is 29.4 Å². The molecule has 0 radical (unpaired) electrons. The number of hydrogen-bond acceptors (Lipinski definition) is 4. The van der Waals surface area contributed by atoms with Gasteiger partial charge in [-0.15, -0.1) is 17.5 Å². The number of nitrogens with zero attached hydrogens (tertiary/aromatic N) is 2. The third-order valence-corrected chi connectivity index (χ3v) is 3.29. The largest absolute Gasteiger partial charge is 0.395 e. The summed E-state index contributed by atoms with van der Waals surface area (Å²) in [5.41, 5.74) is 10.3. The van der Waals surface area contributed by atoms with E-state index in [1.165, 1.54) is 17.7 Å². The maximum Gasteiger partial charge on any atom is 0.172 e. The summed E-state index contributed by atoms with van der Waals surface area (Å²) in [6.45, 7) is 0.543. The van der Waals surface area contributed by atoms with Gasteiger partial charge in [-0.25, -0.2) is 4.52 Å². The zero-order valence-electron chi connectivity index (χ0n) is 10.0. The molecule has 0 atom stereocenters. The number of aliphatic hydroxyl groups is 1. The highest BCUT2D eigenvalue weighted by Gasteiger charge is 2.18. The number of fused-ring (bicyclic) bond motifs is 3. The molecule has 0 amide bonds. The predicted octanol–water partition coefficient (Wildman–Crippen LogP) is 1.23. The second kappa shape index (κ2) is 5.04. The smallest absolute Gasteiger partial charge is 0.172 e. The summed E-state index contributed by atoms with van der Waals surface area (Å²) in [5.74, 6) is 0.666. The predicted molar refractivity (Wildman–Crippen MR) is 74.5 cm³/mol. The Balaban J connectivity index is 0.00000120. The normalized spacial score (nSPS) is 13.4. The fraction of sp³-hybridized carbons (Fsp3) is 0.417. The van der Waals surface area contributed by atoms with Gasteiger partial charge in [0.2, 0.25) is 0 Å². The van der Waals surface area contributed by atoms with Crippen molar-refractivity contribution in [1.29, 1.82) is 0 Å². The number of rotatable bonds is 3. The van der Waals surface area contributed by atoms with Crippen molar-refractivity contribution in [3.8, 4) is 0 Å². The first kappa shape index (κ1) is 13.0. The molecule has 0 aromatic carbocycles. The molecular weight excluding hydrogens is 252 g/mol. The first-order chi connectivity index (χ1) is 8.31. The Morgan fingerprint density at radius 1 is 1.39 bits per heavy atom. The van der Waals surface area contributed by atoms with Crippen molar-refractivity contribution in [2.45, 2.75) is 19.3 Å². The second-order valence-corrected chi connectivity index (χ2v) is 4.37. The number of aromatic nitrogens is 2. The van der Waals surface area contributed by atoms with Gasteiger partial charge in [-0.2, -0.15) is 0 Å². The van der Waals surface area contributed by atoms with Crippen LogP contribution in [0.4, 0.5) is 11.5 Å². The van der Waals surface area contributed by atoms with Gasteiger partial charge >= 0.3 is 0 Å². The molecule has 2 aromatic heterocycles. The van der Waals surface area contributed by atoms with Crippen molar-refractivity contribution < 1.29 is 5.11 Å². The van der Waals surface area contributed by atoms with Crippen LogP contribution in [0.15, 0.2) is 12.1 Å². The van der Waals surface area contributed by atoms with Crippen LogP contribution in [0.25, 0.3) is 5.52 Å². The third kappa shape index (κ3) is 1.89. The topological polar surface area (TPSA) is 75.6 Å². The average molecular weight is 269 g/mol. The van der Waals surface area contributed by atoms with E-state index in [4.69, 9.17) is 10.8 Å². The molecule has 1 aliphatic carbocycles. The average Bonchev–Trinajstić information content (AvgIpc) is 2.91. The van der Waals surface area contributed by atoms with Gasteiger partial charge in [-0.05, 0) is 30.9 Å². The molecule has 0 saturated carbocycles. The number of pyridine rings is 1. The van der Waals surface area contributed by atoms with Crippen LogP contribution in [0.5, 0.6) is 0 Å². The molecular formula is C12H17ClN4O. The maximum absolute atomic E-state index is 8.81. The molecule has 18 heavy (non-hydrogen) atoms. The van der Waals surface area contributed by atoms with Crippen LogP contribution in [0.1, 0.15) is 17.7 Å². The number of nitrogen functional groups attached to an aromatic ring is 1. The number of hydrogen-bond donors (Lipinski definition) is 3. The molecule has 6 heteroatoms. The van der Waals surface area contributed by atoms with Crippen LogP contribution < -0.4 is 11.1 Å². The number of nitrogens with two attached hydrogens (primary N) is 1. The summed E-state index contributed by atoms with van der Waals surface area (Å²) >= 11 is 0. The summed E-state index contributed by atoms with van der Waals surface area (Å²) in [7, 11) is 0. The number of halogens is 1. The number of anilines is 2. The van der Waals surface area contributed by atoms with Gasteiger partial charge in [0, 0.05) is 12.2 Å². The minimum atomic E-state index is 0. The van der Waals surface area contributed by atoms with E-state index in [0.717, 1.165) is 18.4 Å². The van der Waals surface area contributed by atoms with E-state index < -0.39 is 0 Å². The van der Waals surface area contributed by atoms with E-state index >= 15 is 0 Å². The first-order valence-electron chi connectivity index (χ1n) is 5.95. The van der Waals surface area contributed by atoms with E-state index in [1.807, 2.05) is 10.6 Å². The lowest BCUT2D eigenvalue weighted by Gasteiger charge is -2.01. The minimum Gasteiger partial charge on any atom is -0.395 e. The fourth-order valence-corrected chi connectivity index (χ4v) is 2.47. The molecule has 3 rings (SSSR count). The van der Waals surface area contributed by atoms with Crippen molar-refractivity contribution in [3.63, 3.8) is 0 Å². The van der Waals surface area contributed by atoms with Gasteiger partial charge in [0.15, 0.2) is 5.82 Å². The van der Waals surface area contributed by atoms with Gasteiger partial charge in [0.25, 0.3) is 0 Å². The van der Waals surface area contributed by atoms with Crippen molar-refractivity contribution in [2.24, 2.45) is 0 Å². The standard InChI is InChI=1S/C12H16N4O.ClH/c13-11-10-5-4-8-2-1-3-9(8)16(10)15-12(11)14-6-7-17;/h4-5,17H,1-3,6-7,13H2,(H,14,15);1H. The highest BCUT2D eigenvalue weighted by atomic mass is 35.5. The number of aliphatic hydroxyl groups excluding tert-OH is 1. The lowest BCUT2D eigenvalue weighted by molar-refractivity contribution is 0.311.